The van der Waals surface area contributed by atoms with Crippen molar-refractivity contribution in [3.8, 4) is 0 Å². The third-order valence-corrected chi connectivity index (χ3v) is 3.60. The summed E-state index contributed by atoms with van der Waals surface area (Å²) < 4.78 is 0. The van der Waals surface area contributed by atoms with Gasteiger partial charge in [0.15, 0.2) is 0 Å². The minimum atomic E-state index is 0.270. The van der Waals surface area contributed by atoms with Gasteiger partial charge in [0.2, 0.25) is 0 Å². The molecule has 19 heavy (non-hydrogen) atoms. The number of aromatic nitrogens is 2. The van der Waals surface area contributed by atoms with Gasteiger partial charge in [-0.25, -0.2) is 15.8 Å². The van der Waals surface area contributed by atoms with Gasteiger partial charge in [-0.05, 0) is 17.9 Å². The van der Waals surface area contributed by atoms with Crippen molar-refractivity contribution in [3.05, 3.63) is 34.3 Å². The summed E-state index contributed by atoms with van der Waals surface area (Å²) in [5.74, 6) is 7.93. The molecule has 5 nitrogen and oxygen atoms in total. The SMILES string of the molecule is CC(C)c1nc(NN)cc(NCCc2cccs2)n1. The van der Waals surface area contributed by atoms with Crippen LogP contribution in [0.4, 0.5) is 11.6 Å². The van der Waals surface area contributed by atoms with E-state index in [0.717, 1.165) is 24.6 Å². The maximum Gasteiger partial charge on any atom is 0.145 e. The zero-order valence-corrected chi connectivity index (χ0v) is 12.0. The quantitative estimate of drug-likeness (QED) is 0.559. The fraction of sp³-hybridized carbons (Fsp3) is 0.385. The highest BCUT2D eigenvalue weighted by molar-refractivity contribution is 7.09. The minimum absolute atomic E-state index is 0.270. The topological polar surface area (TPSA) is 75.9 Å². The lowest BCUT2D eigenvalue weighted by Crippen LogP contribution is -2.13. The van der Waals surface area contributed by atoms with Crippen LogP contribution in [-0.2, 0) is 6.42 Å². The molecule has 0 amide bonds. The molecule has 0 aliphatic rings. The first kappa shape index (κ1) is 13.8. The Morgan fingerprint density at radius 3 is 2.74 bits per heavy atom. The van der Waals surface area contributed by atoms with E-state index in [2.05, 4.69) is 52.1 Å². The van der Waals surface area contributed by atoms with Crippen molar-refractivity contribution >= 4 is 23.0 Å². The van der Waals surface area contributed by atoms with E-state index in [1.165, 1.54) is 4.88 Å². The smallest absolute Gasteiger partial charge is 0.145 e. The van der Waals surface area contributed by atoms with Crippen molar-refractivity contribution in [3.63, 3.8) is 0 Å². The van der Waals surface area contributed by atoms with E-state index in [9.17, 15) is 0 Å². The van der Waals surface area contributed by atoms with E-state index in [4.69, 9.17) is 5.84 Å². The number of thiophene rings is 1. The summed E-state index contributed by atoms with van der Waals surface area (Å²) in [6.45, 7) is 4.97. The van der Waals surface area contributed by atoms with E-state index < -0.39 is 0 Å². The van der Waals surface area contributed by atoms with Crippen molar-refractivity contribution in [1.29, 1.82) is 0 Å². The highest BCUT2D eigenvalue weighted by Gasteiger charge is 2.07. The van der Waals surface area contributed by atoms with Crippen molar-refractivity contribution in [2.24, 2.45) is 5.84 Å². The molecule has 0 aliphatic heterocycles. The molecule has 2 aromatic heterocycles. The molecule has 0 saturated heterocycles. The van der Waals surface area contributed by atoms with Gasteiger partial charge in [0.05, 0.1) is 0 Å². The largest absolute Gasteiger partial charge is 0.370 e. The summed E-state index contributed by atoms with van der Waals surface area (Å²) >= 11 is 1.77. The third-order valence-electron chi connectivity index (χ3n) is 2.67. The molecule has 2 rings (SSSR count). The summed E-state index contributed by atoms with van der Waals surface area (Å²) in [5.41, 5.74) is 2.58. The van der Waals surface area contributed by atoms with E-state index in [1.54, 1.807) is 11.3 Å². The maximum absolute atomic E-state index is 5.43. The first-order chi connectivity index (χ1) is 9.19. The second-order valence-corrected chi connectivity index (χ2v) is 5.58. The number of hydrazine groups is 1. The van der Waals surface area contributed by atoms with Crippen LogP contribution in [0.1, 0.15) is 30.5 Å². The number of anilines is 2. The van der Waals surface area contributed by atoms with Crippen LogP contribution < -0.4 is 16.6 Å². The molecule has 0 saturated carbocycles. The van der Waals surface area contributed by atoms with Crippen LogP contribution in [0, 0.1) is 0 Å². The van der Waals surface area contributed by atoms with Gasteiger partial charge in [-0.2, -0.15) is 0 Å². The lowest BCUT2D eigenvalue weighted by Gasteiger charge is -2.11. The maximum atomic E-state index is 5.43. The molecule has 0 aliphatic carbocycles. The fourth-order valence-corrected chi connectivity index (χ4v) is 2.37. The number of nitrogens with zero attached hydrogens (tertiary/aromatic N) is 2. The molecule has 2 heterocycles. The summed E-state index contributed by atoms with van der Waals surface area (Å²) in [4.78, 5) is 10.2. The van der Waals surface area contributed by atoms with E-state index in [-0.39, 0.29) is 5.92 Å². The fourth-order valence-electron chi connectivity index (χ4n) is 1.66. The van der Waals surface area contributed by atoms with Gasteiger partial charge in [0.1, 0.15) is 17.5 Å². The Morgan fingerprint density at radius 2 is 2.11 bits per heavy atom. The lowest BCUT2D eigenvalue weighted by molar-refractivity contribution is 0.775. The molecule has 0 bridgehead atoms. The predicted octanol–water partition coefficient (Wildman–Crippen LogP) is 2.60. The molecule has 4 N–H and O–H groups in total. The van der Waals surface area contributed by atoms with Crippen molar-refractivity contribution < 1.29 is 0 Å². The molecule has 0 unspecified atom stereocenters. The lowest BCUT2D eigenvalue weighted by atomic mass is 10.2. The van der Waals surface area contributed by atoms with Gasteiger partial charge in [-0.15, -0.1) is 11.3 Å². The molecule has 0 spiro atoms. The monoisotopic (exact) mass is 277 g/mol. The van der Waals surface area contributed by atoms with Crippen LogP contribution in [0.5, 0.6) is 0 Å². The number of hydrogen-bond acceptors (Lipinski definition) is 6. The Morgan fingerprint density at radius 1 is 1.32 bits per heavy atom. The molecule has 0 atom stereocenters. The standard InChI is InChI=1S/C13H19N5S/c1-9(2)13-16-11(8-12(17-13)18-14)15-6-5-10-4-3-7-19-10/h3-4,7-9H,5-6,14H2,1-2H3,(H2,15,16,17,18). The van der Waals surface area contributed by atoms with Crippen LogP contribution >= 0.6 is 11.3 Å². The Kier molecular flexibility index (Phi) is 4.70. The first-order valence-electron chi connectivity index (χ1n) is 6.31. The highest BCUT2D eigenvalue weighted by Crippen LogP contribution is 2.16. The van der Waals surface area contributed by atoms with Gasteiger partial charge < -0.3 is 10.7 Å². The second-order valence-electron chi connectivity index (χ2n) is 4.55. The molecule has 102 valence electrons. The van der Waals surface area contributed by atoms with E-state index in [1.807, 2.05) is 6.07 Å². The van der Waals surface area contributed by atoms with Crippen molar-refractivity contribution in [1.82, 2.24) is 9.97 Å². The summed E-state index contributed by atoms with van der Waals surface area (Å²) in [6.07, 6.45) is 0.990. The Labute approximate surface area is 117 Å². The average Bonchev–Trinajstić information content (AvgIpc) is 2.91. The van der Waals surface area contributed by atoms with Crippen LogP contribution in [-0.4, -0.2) is 16.5 Å². The van der Waals surface area contributed by atoms with Gasteiger partial charge in [-0.1, -0.05) is 19.9 Å². The van der Waals surface area contributed by atoms with E-state index >= 15 is 0 Å². The predicted molar refractivity (Wildman–Crippen MR) is 80.4 cm³/mol. The summed E-state index contributed by atoms with van der Waals surface area (Å²) in [7, 11) is 0. The molecular formula is C13H19N5S. The van der Waals surface area contributed by atoms with Gasteiger partial charge in [0, 0.05) is 23.4 Å². The van der Waals surface area contributed by atoms with Crippen LogP contribution in [0.15, 0.2) is 23.6 Å². The molecular weight excluding hydrogens is 258 g/mol. The third kappa shape index (κ3) is 3.90. The van der Waals surface area contributed by atoms with Gasteiger partial charge in [-0.3, -0.25) is 0 Å². The highest BCUT2D eigenvalue weighted by atomic mass is 32.1. The number of nitrogens with two attached hydrogens (primary N) is 1. The van der Waals surface area contributed by atoms with Crippen LogP contribution in [0.3, 0.4) is 0 Å². The number of nitrogens with one attached hydrogen (secondary N) is 2. The molecule has 0 aromatic carbocycles. The van der Waals surface area contributed by atoms with Crippen LogP contribution in [0.2, 0.25) is 0 Å². The Hall–Kier alpha value is -1.66. The minimum Gasteiger partial charge on any atom is -0.370 e. The molecule has 0 fully saturated rings. The Bertz CT molecular complexity index is 510. The molecule has 0 radical (unpaired) electrons. The molecule has 2 aromatic rings. The zero-order chi connectivity index (χ0) is 13.7. The van der Waals surface area contributed by atoms with E-state index in [0.29, 0.717) is 5.82 Å². The number of hydrogen-bond donors (Lipinski definition) is 3. The number of nitrogen functional groups attached to an aromatic ring is 1. The average molecular weight is 277 g/mol. The summed E-state index contributed by atoms with van der Waals surface area (Å²) in [5, 5.41) is 5.40. The van der Waals surface area contributed by atoms with Crippen molar-refractivity contribution in [2.75, 3.05) is 17.3 Å². The zero-order valence-electron chi connectivity index (χ0n) is 11.2. The summed E-state index contributed by atoms with van der Waals surface area (Å²) in [6, 6.07) is 6.02. The first-order valence-corrected chi connectivity index (χ1v) is 7.19. The molecule has 6 heteroatoms. The van der Waals surface area contributed by atoms with Gasteiger partial charge in [0.25, 0.3) is 0 Å². The normalized spacial score (nSPS) is 10.7. The Balaban J connectivity index is 2.00. The number of rotatable bonds is 6. The van der Waals surface area contributed by atoms with Crippen LogP contribution in [0.25, 0.3) is 0 Å². The van der Waals surface area contributed by atoms with Crippen molar-refractivity contribution in [2.45, 2.75) is 26.2 Å². The van der Waals surface area contributed by atoms with Gasteiger partial charge >= 0.3 is 0 Å². The second kappa shape index (κ2) is 6.49.